The van der Waals surface area contributed by atoms with Crippen LogP contribution >= 0.6 is 11.6 Å². The van der Waals surface area contributed by atoms with Gasteiger partial charge < -0.3 is 5.32 Å². The SMILES string of the molecule is CCCCc1nc2[nH]c(=O)cc(NC(=O)c3ccc(Cl)cc3)n2n1. The van der Waals surface area contributed by atoms with Gasteiger partial charge in [0.2, 0.25) is 5.78 Å². The molecule has 1 amide bonds. The van der Waals surface area contributed by atoms with Crippen molar-refractivity contribution in [2.45, 2.75) is 26.2 Å². The third-order valence-electron chi connectivity index (χ3n) is 3.48. The maximum Gasteiger partial charge on any atom is 0.256 e. The zero-order valence-corrected chi connectivity index (χ0v) is 13.8. The number of hydrogen-bond acceptors (Lipinski definition) is 4. The number of nitrogens with one attached hydrogen (secondary N) is 2. The van der Waals surface area contributed by atoms with Gasteiger partial charge in [0.1, 0.15) is 5.82 Å². The number of nitrogens with zero attached hydrogens (tertiary/aromatic N) is 3. The average molecular weight is 346 g/mol. The quantitative estimate of drug-likeness (QED) is 0.743. The molecule has 0 fully saturated rings. The first kappa shape index (κ1) is 16.2. The monoisotopic (exact) mass is 345 g/mol. The van der Waals surface area contributed by atoms with Crippen molar-refractivity contribution in [1.82, 2.24) is 19.6 Å². The fourth-order valence-electron chi connectivity index (χ4n) is 2.25. The maximum atomic E-state index is 12.3. The number of carbonyl (C=O) groups excluding carboxylic acids is 1. The Balaban J connectivity index is 1.93. The van der Waals surface area contributed by atoms with Gasteiger partial charge in [-0.05, 0) is 30.7 Å². The van der Waals surface area contributed by atoms with Gasteiger partial charge in [-0.3, -0.25) is 14.6 Å². The van der Waals surface area contributed by atoms with E-state index >= 15 is 0 Å². The van der Waals surface area contributed by atoms with Crippen LogP contribution in [0.25, 0.3) is 5.78 Å². The summed E-state index contributed by atoms with van der Waals surface area (Å²) in [5.41, 5.74) is 0.0718. The van der Waals surface area contributed by atoms with Crippen LogP contribution in [0.5, 0.6) is 0 Å². The van der Waals surface area contributed by atoms with E-state index in [9.17, 15) is 9.59 Å². The Bertz CT molecular complexity index is 930. The molecule has 7 nitrogen and oxygen atoms in total. The van der Waals surface area contributed by atoms with E-state index in [1.807, 2.05) is 0 Å². The molecule has 3 rings (SSSR count). The number of rotatable bonds is 5. The lowest BCUT2D eigenvalue weighted by Crippen LogP contribution is -2.18. The molecule has 2 aromatic heterocycles. The van der Waals surface area contributed by atoms with E-state index in [4.69, 9.17) is 11.6 Å². The molecular formula is C16H16ClN5O2. The molecule has 0 aliphatic rings. The van der Waals surface area contributed by atoms with Crippen LogP contribution in [-0.4, -0.2) is 25.5 Å². The number of halogens is 1. The Kier molecular flexibility index (Phi) is 4.61. The standard InChI is InChI=1S/C16H16ClN5O2/c1-2-3-4-12-18-16-20-14(23)9-13(22(16)21-12)19-15(24)10-5-7-11(17)8-6-10/h5-9H,2-4H2,1H3,(H,19,24)(H,18,20,21,23). The molecule has 0 unspecified atom stereocenters. The Morgan fingerprint density at radius 2 is 2.08 bits per heavy atom. The van der Waals surface area contributed by atoms with Gasteiger partial charge in [-0.15, -0.1) is 5.10 Å². The van der Waals surface area contributed by atoms with Crippen LogP contribution in [0.4, 0.5) is 5.82 Å². The van der Waals surface area contributed by atoms with Crippen LogP contribution in [0.3, 0.4) is 0 Å². The van der Waals surface area contributed by atoms with E-state index in [2.05, 4.69) is 27.3 Å². The highest BCUT2D eigenvalue weighted by Crippen LogP contribution is 2.13. The molecule has 2 heterocycles. The Morgan fingerprint density at radius 3 is 2.79 bits per heavy atom. The first-order chi connectivity index (χ1) is 11.6. The summed E-state index contributed by atoms with van der Waals surface area (Å²) in [6, 6.07) is 7.75. The maximum absolute atomic E-state index is 12.3. The first-order valence-corrected chi connectivity index (χ1v) is 8.00. The number of carbonyl (C=O) groups is 1. The van der Waals surface area contributed by atoms with Crippen LogP contribution in [0.2, 0.25) is 5.02 Å². The number of H-pyrrole nitrogens is 1. The second kappa shape index (κ2) is 6.84. The van der Waals surface area contributed by atoms with E-state index < -0.39 is 0 Å². The summed E-state index contributed by atoms with van der Waals surface area (Å²) in [4.78, 5) is 31.0. The largest absolute Gasteiger partial charge is 0.306 e. The Hall–Kier alpha value is -2.67. The number of fused-ring (bicyclic) bond motifs is 1. The summed E-state index contributed by atoms with van der Waals surface area (Å²) in [6.07, 6.45) is 2.69. The van der Waals surface area contributed by atoms with Gasteiger partial charge in [-0.25, -0.2) is 0 Å². The molecule has 0 spiro atoms. The second-order valence-electron chi connectivity index (χ2n) is 5.35. The Morgan fingerprint density at radius 1 is 1.33 bits per heavy atom. The van der Waals surface area contributed by atoms with Crippen LogP contribution in [-0.2, 0) is 6.42 Å². The zero-order chi connectivity index (χ0) is 17.1. The second-order valence-corrected chi connectivity index (χ2v) is 5.78. The number of benzene rings is 1. The molecule has 8 heteroatoms. The summed E-state index contributed by atoms with van der Waals surface area (Å²) in [5, 5.41) is 7.58. The number of unbranched alkanes of at least 4 members (excludes halogenated alkanes) is 1. The molecule has 2 N–H and O–H groups in total. The third-order valence-corrected chi connectivity index (χ3v) is 3.74. The summed E-state index contributed by atoms with van der Waals surface area (Å²) >= 11 is 5.82. The fraction of sp³-hybridized carbons (Fsp3) is 0.250. The topological polar surface area (TPSA) is 92.1 Å². The van der Waals surface area contributed by atoms with Gasteiger partial charge in [0.25, 0.3) is 11.5 Å². The molecule has 0 bridgehead atoms. The number of aryl methyl sites for hydroxylation is 1. The number of amides is 1. The van der Waals surface area contributed by atoms with Gasteiger partial charge >= 0.3 is 0 Å². The molecule has 0 saturated carbocycles. The van der Waals surface area contributed by atoms with Gasteiger partial charge in [-0.1, -0.05) is 24.9 Å². The molecule has 0 aliphatic carbocycles. The molecule has 1 aromatic carbocycles. The van der Waals surface area contributed by atoms with E-state index in [1.54, 1.807) is 24.3 Å². The van der Waals surface area contributed by atoms with Crippen molar-refractivity contribution < 1.29 is 4.79 Å². The third kappa shape index (κ3) is 3.46. The minimum Gasteiger partial charge on any atom is -0.306 e. The Labute approximate surface area is 142 Å². The predicted octanol–water partition coefficient (Wildman–Crippen LogP) is 2.67. The minimum atomic E-state index is -0.358. The molecule has 124 valence electrons. The first-order valence-electron chi connectivity index (χ1n) is 7.62. The van der Waals surface area contributed by atoms with Gasteiger partial charge in [0.05, 0.1) is 0 Å². The lowest BCUT2D eigenvalue weighted by Gasteiger charge is -2.06. The van der Waals surface area contributed by atoms with E-state index in [1.165, 1.54) is 10.6 Å². The molecular weight excluding hydrogens is 330 g/mol. The minimum absolute atomic E-state index is 0.268. The fourth-order valence-corrected chi connectivity index (χ4v) is 2.38. The van der Waals surface area contributed by atoms with Gasteiger partial charge in [-0.2, -0.15) is 9.50 Å². The number of anilines is 1. The van der Waals surface area contributed by atoms with Gasteiger partial charge in [0.15, 0.2) is 5.82 Å². The molecule has 0 radical (unpaired) electrons. The van der Waals surface area contributed by atoms with Crippen molar-refractivity contribution in [3.8, 4) is 0 Å². The lowest BCUT2D eigenvalue weighted by molar-refractivity contribution is 0.102. The lowest BCUT2D eigenvalue weighted by atomic mass is 10.2. The zero-order valence-electron chi connectivity index (χ0n) is 13.0. The highest BCUT2D eigenvalue weighted by atomic mass is 35.5. The van der Waals surface area contributed by atoms with E-state index in [0.29, 0.717) is 28.6 Å². The van der Waals surface area contributed by atoms with Crippen LogP contribution < -0.4 is 10.9 Å². The van der Waals surface area contributed by atoms with Crippen molar-refractivity contribution in [3.05, 3.63) is 57.1 Å². The van der Waals surface area contributed by atoms with Crippen molar-refractivity contribution in [2.75, 3.05) is 5.32 Å². The van der Waals surface area contributed by atoms with Crippen LogP contribution in [0, 0.1) is 0 Å². The molecule has 0 saturated heterocycles. The summed E-state index contributed by atoms with van der Waals surface area (Å²) in [7, 11) is 0. The number of hydrogen-bond donors (Lipinski definition) is 2. The summed E-state index contributed by atoms with van der Waals surface area (Å²) in [5.74, 6) is 0.842. The number of aromatic amines is 1. The normalized spacial score (nSPS) is 10.9. The van der Waals surface area contributed by atoms with E-state index in [-0.39, 0.29) is 17.3 Å². The highest BCUT2D eigenvalue weighted by Gasteiger charge is 2.13. The van der Waals surface area contributed by atoms with Crippen molar-refractivity contribution in [3.63, 3.8) is 0 Å². The van der Waals surface area contributed by atoms with Crippen LogP contribution in [0.15, 0.2) is 35.1 Å². The van der Waals surface area contributed by atoms with Crippen molar-refractivity contribution >= 4 is 29.1 Å². The molecule has 24 heavy (non-hydrogen) atoms. The molecule has 0 atom stereocenters. The predicted molar refractivity (Wildman–Crippen MR) is 91.6 cm³/mol. The average Bonchev–Trinajstić information content (AvgIpc) is 2.96. The van der Waals surface area contributed by atoms with Crippen LogP contribution in [0.1, 0.15) is 35.9 Å². The smallest absolute Gasteiger partial charge is 0.256 e. The van der Waals surface area contributed by atoms with Crippen molar-refractivity contribution in [1.29, 1.82) is 0 Å². The molecule has 3 aromatic rings. The summed E-state index contributed by atoms with van der Waals surface area (Å²) in [6.45, 7) is 2.08. The highest BCUT2D eigenvalue weighted by molar-refractivity contribution is 6.30. The number of aromatic nitrogens is 4. The van der Waals surface area contributed by atoms with Gasteiger partial charge in [0, 0.05) is 23.1 Å². The molecule has 0 aliphatic heterocycles. The van der Waals surface area contributed by atoms with E-state index in [0.717, 1.165) is 12.8 Å². The van der Waals surface area contributed by atoms with Crippen molar-refractivity contribution in [2.24, 2.45) is 0 Å². The summed E-state index contributed by atoms with van der Waals surface area (Å²) < 4.78 is 1.43.